The van der Waals surface area contributed by atoms with Gasteiger partial charge in [0.2, 0.25) is 4.96 Å². The van der Waals surface area contributed by atoms with Gasteiger partial charge < -0.3 is 9.80 Å². The highest BCUT2D eigenvalue weighted by atomic mass is 32.1. The van der Waals surface area contributed by atoms with Crippen LogP contribution in [0.5, 0.6) is 0 Å². The molecular formula is C16H16FN5OS. The fourth-order valence-corrected chi connectivity index (χ4v) is 3.67. The van der Waals surface area contributed by atoms with E-state index in [0.29, 0.717) is 24.5 Å². The van der Waals surface area contributed by atoms with Crippen LogP contribution in [0.4, 0.5) is 10.1 Å². The molecule has 1 amide bonds. The molecule has 0 N–H and O–H groups in total. The standard InChI is InChI=1S/C16H16FN5OS/c1-11-14(22-16(19-11)24-10-18-22)15(23)21-8-6-20(7-9-21)13-4-2-12(17)3-5-13/h2-5,10H,6-9H2,1H3. The van der Waals surface area contributed by atoms with Crippen LogP contribution in [-0.2, 0) is 0 Å². The van der Waals surface area contributed by atoms with Crippen molar-refractivity contribution in [1.82, 2.24) is 19.5 Å². The average molecular weight is 345 g/mol. The van der Waals surface area contributed by atoms with Gasteiger partial charge in [-0.05, 0) is 31.2 Å². The van der Waals surface area contributed by atoms with Crippen molar-refractivity contribution in [3.05, 3.63) is 47.0 Å². The van der Waals surface area contributed by atoms with Crippen LogP contribution in [0.1, 0.15) is 16.2 Å². The number of aryl methyl sites for hydroxylation is 1. The highest BCUT2D eigenvalue weighted by Crippen LogP contribution is 2.20. The minimum Gasteiger partial charge on any atom is -0.368 e. The SMILES string of the molecule is Cc1nc2scnn2c1C(=O)N1CCN(c2ccc(F)cc2)CC1. The molecule has 0 radical (unpaired) electrons. The van der Waals surface area contributed by atoms with Gasteiger partial charge in [-0.1, -0.05) is 11.3 Å². The van der Waals surface area contributed by atoms with E-state index in [4.69, 9.17) is 0 Å². The van der Waals surface area contributed by atoms with Crippen molar-refractivity contribution >= 4 is 27.9 Å². The Hall–Kier alpha value is -2.48. The van der Waals surface area contributed by atoms with Crippen LogP contribution < -0.4 is 4.90 Å². The zero-order valence-corrected chi connectivity index (χ0v) is 14.0. The van der Waals surface area contributed by atoms with Crippen LogP contribution in [0.3, 0.4) is 0 Å². The molecule has 1 fully saturated rings. The Kier molecular flexibility index (Phi) is 3.68. The second kappa shape index (κ2) is 5.86. The number of imidazole rings is 1. The van der Waals surface area contributed by atoms with E-state index in [1.54, 1.807) is 22.2 Å². The predicted molar refractivity (Wildman–Crippen MR) is 90.1 cm³/mol. The molecule has 1 saturated heterocycles. The van der Waals surface area contributed by atoms with Gasteiger partial charge in [-0.15, -0.1) is 0 Å². The molecule has 1 aromatic carbocycles. The second-order valence-electron chi connectivity index (χ2n) is 5.73. The Bertz CT molecular complexity index is 880. The molecule has 0 saturated carbocycles. The second-order valence-corrected chi connectivity index (χ2v) is 6.55. The van der Waals surface area contributed by atoms with Gasteiger partial charge in [-0.25, -0.2) is 9.37 Å². The third-order valence-corrected chi connectivity index (χ3v) is 4.96. The van der Waals surface area contributed by atoms with Crippen molar-refractivity contribution in [3.63, 3.8) is 0 Å². The number of piperazine rings is 1. The van der Waals surface area contributed by atoms with Gasteiger partial charge in [0.25, 0.3) is 5.91 Å². The third kappa shape index (κ3) is 2.52. The first-order chi connectivity index (χ1) is 11.6. The Morgan fingerprint density at radius 1 is 1.17 bits per heavy atom. The maximum absolute atomic E-state index is 13.0. The summed E-state index contributed by atoms with van der Waals surface area (Å²) in [7, 11) is 0. The van der Waals surface area contributed by atoms with Crippen molar-refractivity contribution in [3.8, 4) is 0 Å². The monoisotopic (exact) mass is 345 g/mol. The molecule has 0 atom stereocenters. The van der Waals surface area contributed by atoms with E-state index in [1.165, 1.54) is 23.5 Å². The number of anilines is 1. The van der Waals surface area contributed by atoms with Crippen LogP contribution in [-0.4, -0.2) is 51.6 Å². The number of hydrogen-bond acceptors (Lipinski definition) is 5. The summed E-state index contributed by atoms with van der Waals surface area (Å²) >= 11 is 1.42. The molecule has 1 aliphatic rings. The number of hydrogen-bond donors (Lipinski definition) is 0. The number of halogens is 1. The Morgan fingerprint density at radius 2 is 1.88 bits per heavy atom. The van der Waals surface area contributed by atoms with Crippen molar-refractivity contribution < 1.29 is 9.18 Å². The Labute approximate surface area is 142 Å². The topological polar surface area (TPSA) is 53.7 Å². The number of carbonyl (C=O) groups excluding carboxylic acids is 1. The van der Waals surface area contributed by atoms with Crippen LogP contribution >= 0.6 is 11.3 Å². The molecule has 0 bridgehead atoms. The number of rotatable bonds is 2. The van der Waals surface area contributed by atoms with E-state index in [9.17, 15) is 9.18 Å². The van der Waals surface area contributed by atoms with Gasteiger partial charge in [0, 0.05) is 31.9 Å². The van der Waals surface area contributed by atoms with E-state index in [1.807, 2.05) is 11.8 Å². The fraction of sp³-hybridized carbons (Fsp3) is 0.312. The van der Waals surface area contributed by atoms with Crippen LogP contribution in [0.2, 0.25) is 0 Å². The molecule has 3 heterocycles. The van der Waals surface area contributed by atoms with Gasteiger partial charge in [0.1, 0.15) is 11.3 Å². The number of nitrogens with zero attached hydrogens (tertiary/aromatic N) is 5. The van der Waals surface area contributed by atoms with Crippen molar-refractivity contribution in [1.29, 1.82) is 0 Å². The van der Waals surface area contributed by atoms with Crippen molar-refractivity contribution in [2.24, 2.45) is 0 Å². The number of amides is 1. The smallest absolute Gasteiger partial charge is 0.274 e. The van der Waals surface area contributed by atoms with Gasteiger partial charge in [-0.3, -0.25) is 4.79 Å². The zero-order valence-electron chi connectivity index (χ0n) is 13.1. The van der Waals surface area contributed by atoms with Gasteiger partial charge in [0.05, 0.1) is 5.69 Å². The Morgan fingerprint density at radius 3 is 2.58 bits per heavy atom. The van der Waals surface area contributed by atoms with Crippen molar-refractivity contribution in [2.75, 3.05) is 31.1 Å². The molecule has 8 heteroatoms. The summed E-state index contributed by atoms with van der Waals surface area (Å²) in [6.45, 7) is 4.51. The summed E-state index contributed by atoms with van der Waals surface area (Å²) in [6, 6.07) is 6.46. The largest absolute Gasteiger partial charge is 0.368 e. The molecule has 3 aromatic rings. The minimum absolute atomic E-state index is 0.0374. The third-order valence-electron chi connectivity index (χ3n) is 4.28. The van der Waals surface area contributed by atoms with E-state index in [2.05, 4.69) is 15.0 Å². The molecule has 2 aromatic heterocycles. The zero-order chi connectivity index (χ0) is 16.7. The summed E-state index contributed by atoms with van der Waals surface area (Å²) in [5.74, 6) is -0.277. The summed E-state index contributed by atoms with van der Waals surface area (Å²) < 4.78 is 14.7. The molecule has 124 valence electrons. The Balaban J connectivity index is 1.49. The van der Waals surface area contributed by atoms with Gasteiger partial charge in [0.15, 0.2) is 5.69 Å². The first-order valence-corrected chi connectivity index (χ1v) is 8.60. The van der Waals surface area contributed by atoms with Crippen molar-refractivity contribution in [2.45, 2.75) is 6.92 Å². The molecule has 24 heavy (non-hydrogen) atoms. The first-order valence-electron chi connectivity index (χ1n) is 7.72. The van der Waals surface area contributed by atoms with Gasteiger partial charge in [-0.2, -0.15) is 9.61 Å². The normalized spacial score (nSPS) is 15.2. The van der Waals surface area contributed by atoms with E-state index in [-0.39, 0.29) is 11.7 Å². The highest BCUT2D eigenvalue weighted by molar-refractivity contribution is 7.14. The highest BCUT2D eigenvalue weighted by Gasteiger charge is 2.27. The van der Waals surface area contributed by atoms with E-state index in [0.717, 1.165) is 23.7 Å². The van der Waals surface area contributed by atoms with Crippen LogP contribution in [0.15, 0.2) is 29.8 Å². The summed E-state index contributed by atoms with van der Waals surface area (Å²) in [5.41, 5.74) is 3.91. The molecular weight excluding hydrogens is 329 g/mol. The van der Waals surface area contributed by atoms with Gasteiger partial charge >= 0.3 is 0 Å². The molecule has 0 aliphatic carbocycles. The van der Waals surface area contributed by atoms with E-state index < -0.39 is 0 Å². The maximum Gasteiger partial charge on any atom is 0.274 e. The lowest BCUT2D eigenvalue weighted by atomic mass is 10.2. The minimum atomic E-state index is -0.240. The van der Waals surface area contributed by atoms with Crippen LogP contribution in [0, 0.1) is 12.7 Å². The lowest BCUT2D eigenvalue weighted by molar-refractivity contribution is 0.0737. The number of carbonyl (C=O) groups is 1. The molecule has 0 spiro atoms. The summed E-state index contributed by atoms with van der Waals surface area (Å²) in [4.78, 5) is 22.0. The molecule has 1 aliphatic heterocycles. The maximum atomic E-state index is 13.0. The lowest BCUT2D eigenvalue weighted by Gasteiger charge is -2.36. The number of aromatic nitrogens is 3. The molecule has 6 nitrogen and oxygen atoms in total. The van der Waals surface area contributed by atoms with E-state index >= 15 is 0 Å². The van der Waals surface area contributed by atoms with Crippen LogP contribution in [0.25, 0.3) is 4.96 Å². The predicted octanol–water partition coefficient (Wildman–Crippen LogP) is 2.20. The first kappa shape index (κ1) is 15.1. The average Bonchev–Trinajstić information content (AvgIpc) is 3.15. The molecule has 0 unspecified atom stereocenters. The summed E-state index contributed by atoms with van der Waals surface area (Å²) in [6.07, 6.45) is 0. The fourth-order valence-electron chi connectivity index (χ4n) is 3.01. The molecule has 4 rings (SSSR count). The quantitative estimate of drug-likeness (QED) is 0.715. The summed E-state index contributed by atoms with van der Waals surface area (Å²) in [5, 5.41) is 4.21. The lowest BCUT2D eigenvalue weighted by Crippen LogP contribution is -2.49. The number of benzene rings is 1. The number of fused-ring (bicyclic) bond motifs is 1.